The molecule has 0 bridgehead atoms. The van der Waals surface area contributed by atoms with Gasteiger partial charge in [0.2, 0.25) is 5.91 Å². The molecule has 2 fully saturated rings. The smallest absolute Gasteiger partial charge is 0.223 e. The van der Waals surface area contributed by atoms with E-state index in [4.69, 9.17) is 0 Å². The summed E-state index contributed by atoms with van der Waals surface area (Å²) in [5.41, 5.74) is 0.147. The van der Waals surface area contributed by atoms with Gasteiger partial charge < -0.3 is 4.90 Å². The van der Waals surface area contributed by atoms with Gasteiger partial charge in [0.05, 0.1) is 11.5 Å². The molecule has 2 rings (SSSR count). The van der Waals surface area contributed by atoms with Crippen molar-refractivity contribution in [1.29, 1.82) is 0 Å². The second-order valence-corrected chi connectivity index (χ2v) is 9.29. The first kappa shape index (κ1) is 15.8. The third-order valence-corrected chi connectivity index (χ3v) is 7.01. The predicted molar refractivity (Wildman–Crippen MR) is 80.2 cm³/mol. The first-order valence-electron chi connectivity index (χ1n) is 7.75. The van der Waals surface area contributed by atoms with Gasteiger partial charge in [-0.05, 0) is 37.0 Å². The van der Waals surface area contributed by atoms with Gasteiger partial charge >= 0.3 is 0 Å². The molecule has 20 heavy (non-hydrogen) atoms. The molecule has 0 spiro atoms. The van der Waals surface area contributed by atoms with Gasteiger partial charge in [-0.15, -0.1) is 0 Å². The molecule has 0 unspecified atom stereocenters. The number of likely N-dealkylation sites (tertiary alicyclic amines) is 1. The molecule has 2 aliphatic rings. The van der Waals surface area contributed by atoms with Gasteiger partial charge in [0, 0.05) is 19.0 Å². The number of sulfone groups is 1. The number of hydrogen-bond donors (Lipinski definition) is 0. The molecule has 2 atom stereocenters. The molecule has 2 heterocycles. The molecule has 2 saturated heterocycles. The number of amides is 1. The summed E-state index contributed by atoms with van der Waals surface area (Å²) in [4.78, 5) is 14.5. The minimum absolute atomic E-state index is 0.0403. The highest BCUT2D eigenvalue weighted by atomic mass is 32.2. The maximum absolute atomic E-state index is 12.5. The van der Waals surface area contributed by atoms with Crippen LogP contribution in [-0.2, 0) is 14.6 Å². The second-order valence-electron chi connectivity index (χ2n) is 7.06. The molecule has 0 aromatic carbocycles. The summed E-state index contributed by atoms with van der Waals surface area (Å²) < 4.78 is 23.0. The molecule has 0 aromatic heterocycles. The van der Waals surface area contributed by atoms with E-state index >= 15 is 0 Å². The fraction of sp³-hybridized carbons (Fsp3) is 0.933. The second kappa shape index (κ2) is 5.66. The molecule has 0 radical (unpaired) electrons. The van der Waals surface area contributed by atoms with Crippen LogP contribution in [0, 0.1) is 11.3 Å². The predicted octanol–water partition coefficient (Wildman–Crippen LogP) is 2.24. The van der Waals surface area contributed by atoms with Crippen molar-refractivity contribution in [3.63, 3.8) is 0 Å². The van der Waals surface area contributed by atoms with Gasteiger partial charge in [-0.3, -0.25) is 4.79 Å². The molecule has 0 aromatic rings. The zero-order valence-corrected chi connectivity index (χ0v) is 13.7. The summed E-state index contributed by atoms with van der Waals surface area (Å²) in [5.74, 6) is 0.665. The molecule has 0 saturated carbocycles. The van der Waals surface area contributed by atoms with Gasteiger partial charge in [0.25, 0.3) is 0 Å². The minimum Gasteiger partial charge on any atom is -0.339 e. The Bertz CT molecular complexity index is 470. The molecular formula is C15H27NO3S. The van der Waals surface area contributed by atoms with Crippen LogP contribution in [0.15, 0.2) is 0 Å². The Balaban J connectivity index is 1.98. The van der Waals surface area contributed by atoms with Crippen molar-refractivity contribution in [3.05, 3.63) is 0 Å². The zero-order valence-electron chi connectivity index (χ0n) is 12.9. The summed E-state index contributed by atoms with van der Waals surface area (Å²) >= 11 is 0. The Morgan fingerprint density at radius 1 is 1.30 bits per heavy atom. The standard InChI is InChI=1S/C15H27NO3S/c1-4-15(2,3)13-6-5-8-16(13)14(17)10-12-7-9-20(18,19)11-12/h12-13H,4-11H2,1-3H3/t12-,13+/m1/s1. The van der Waals surface area contributed by atoms with E-state index in [2.05, 4.69) is 20.8 Å². The van der Waals surface area contributed by atoms with Crippen molar-refractivity contribution < 1.29 is 13.2 Å². The van der Waals surface area contributed by atoms with Gasteiger partial charge in [-0.25, -0.2) is 8.42 Å². The van der Waals surface area contributed by atoms with Crippen LogP contribution in [0.2, 0.25) is 0 Å². The molecule has 4 nitrogen and oxygen atoms in total. The largest absolute Gasteiger partial charge is 0.339 e. The van der Waals surface area contributed by atoms with Crippen molar-refractivity contribution in [2.45, 2.75) is 58.9 Å². The number of nitrogens with zero attached hydrogens (tertiary/aromatic N) is 1. The molecule has 2 aliphatic heterocycles. The van der Waals surface area contributed by atoms with Crippen molar-refractivity contribution in [2.75, 3.05) is 18.1 Å². The lowest BCUT2D eigenvalue weighted by Gasteiger charge is -2.37. The van der Waals surface area contributed by atoms with Gasteiger partial charge in [0.15, 0.2) is 9.84 Å². The Kier molecular flexibility index (Phi) is 4.47. The van der Waals surface area contributed by atoms with Crippen LogP contribution < -0.4 is 0 Å². The molecule has 0 aliphatic carbocycles. The lowest BCUT2D eigenvalue weighted by atomic mass is 9.80. The highest BCUT2D eigenvalue weighted by Crippen LogP contribution is 2.36. The van der Waals surface area contributed by atoms with Crippen molar-refractivity contribution in [1.82, 2.24) is 4.90 Å². The Labute approximate surface area is 122 Å². The topological polar surface area (TPSA) is 54.5 Å². The Morgan fingerprint density at radius 2 is 2.00 bits per heavy atom. The van der Waals surface area contributed by atoms with Gasteiger partial charge in [-0.1, -0.05) is 20.8 Å². The average molecular weight is 301 g/mol. The van der Waals surface area contributed by atoms with Crippen molar-refractivity contribution in [3.8, 4) is 0 Å². The van der Waals surface area contributed by atoms with Crippen molar-refractivity contribution in [2.24, 2.45) is 11.3 Å². The highest BCUT2D eigenvalue weighted by Gasteiger charge is 2.39. The van der Waals surface area contributed by atoms with Crippen LogP contribution in [-0.4, -0.2) is 43.3 Å². The normalized spacial score (nSPS) is 29.9. The van der Waals surface area contributed by atoms with Gasteiger partial charge in [0.1, 0.15) is 0 Å². The van der Waals surface area contributed by atoms with E-state index in [0.717, 1.165) is 25.8 Å². The lowest BCUT2D eigenvalue weighted by Crippen LogP contribution is -2.44. The summed E-state index contributed by atoms with van der Waals surface area (Å²) in [6.45, 7) is 7.46. The molecule has 116 valence electrons. The average Bonchev–Trinajstić information content (AvgIpc) is 2.96. The summed E-state index contributed by atoms with van der Waals surface area (Å²) in [7, 11) is -2.88. The Morgan fingerprint density at radius 3 is 2.55 bits per heavy atom. The summed E-state index contributed by atoms with van der Waals surface area (Å²) in [6, 6.07) is 0.318. The number of hydrogen-bond acceptors (Lipinski definition) is 3. The first-order valence-corrected chi connectivity index (χ1v) is 9.57. The molecule has 5 heteroatoms. The summed E-state index contributed by atoms with van der Waals surface area (Å²) in [6.07, 6.45) is 4.27. The SMILES string of the molecule is CCC(C)(C)[C@@H]1CCCN1C(=O)C[C@H]1CCS(=O)(=O)C1. The molecule has 1 amide bonds. The Hall–Kier alpha value is -0.580. The maximum Gasteiger partial charge on any atom is 0.223 e. The molecular weight excluding hydrogens is 274 g/mol. The quantitative estimate of drug-likeness (QED) is 0.800. The van der Waals surface area contributed by atoms with E-state index in [1.807, 2.05) is 4.90 Å². The third kappa shape index (κ3) is 3.35. The van der Waals surface area contributed by atoms with E-state index in [0.29, 0.717) is 18.9 Å². The zero-order chi connectivity index (χ0) is 15.0. The fourth-order valence-corrected chi connectivity index (χ4v) is 5.37. The van der Waals surface area contributed by atoms with E-state index in [1.165, 1.54) is 0 Å². The van der Waals surface area contributed by atoms with E-state index in [9.17, 15) is 13.2 Å². The molecule has 0 N–H and O–H groups in total. The third-order valence-electron chi connectivity index (χ3n) is 5.18. The monoisotopic (exact) mass is 301 g/mol. The highest BCUT2D eigenvalue weighted by molar-refractivity contribution is 7.91. The van der Waals surface area contributed by atoms with Crippen LogP contribution in [0.4, 0.5) is 0 Å². The number of carbonyl (C=O) groups is 1. The fourth-order valence-electron chi connectivity index (χ4n) is 3.51. The lowest BCUT2D eigenvalue weighted by molar-refractivity contribution is -0.135. The summed E-state index contributed by atoms with van der Waals surface area (Å²) in [5, 5.41) is 0. The van der Waals surface area contributed by atoms with Crippen LogP contribution in [0.1, 0.15) is 52.9 Å². The minimum atomic E-state index is -2.88. The van der Waals surface area contributed by atoms with Crippen LogP contribution >= 0.6 is 0 Å². The van der Waals surface area contributed by atoms with E-state index in [-0.39, 0.29) is 28.7 Å². The number of rotatable bonds is 4. The number of carbonyl (C=O) groups excluding carboxylic acids is 1. The van der Waals surface area contributed by atoms with Crippen molar-refractivity contribution >= 4 is 15.7 Å². The van der Waals surface area contributed by atoms with Crippen LogP contribution in [0.3, 0.4) is 0 Å². The first-order chi connectivity index (χ1) is 9.25. The van der Waals surface area contributed by atoms with Crippen LogP contribution in [0.25, 0.3) is 0 Å². The van der Waals surface area contributed by atoms with Gasteiger partial charge in [-0.2, -0.15) is 0 Å². The van der Waals surface area contributed by atoms with E-state index in [1.54, 1.807) is 0 Å². The van der Waals surface area contributed by atoms with Crippen LogP contribution in [0.5, 0.6) is 0 Å². The van der Waals surface area contributed by atoms with E-state index < -0.39 is 9.84 Å². The maximum atomic E-state index is 12.5.